The molecule has 0 bridgehead atoms. The van der Waals surface area contributed by atoms with Crippen LogP contribution in [0.25, 0.3) is 0 Å². The second-order valence-corrected chi connectivity index (χ2v) is 7.97. The van der Waals surface area contributed by atoms with Crippen molar-refractivity contribution >= 4 is 40.7 Å². The van der Waals surface area contributed by atoms with E-state index in [1.54, 1.807) is 43.3 Å². The normalized spacial score (nSPS) is 11.6. The first-order valence-electron chi connectivity index (χ1n) is 9.98. The molecule has 2 aromatic rings. The summed E-state index contributed by atoms with van der Waals surface area (Å²) in [6.45, 7) is 4.27. The third-order valence-corrected chi connectivity index (χ3v) is 5.60. The molecule has 0 aliphatic carbocycles. The number of nitrogens with zero attached hydrogens (tertiary/aromatic N) is 2. The average Bonchev–Trinajstić information content (AvgIpc) is 2.74. The number of unbranched alkanes of at least 4 members (excludes halogenated alkanes) is 1. The van der Waals surface area contributed by atoms with Gasteiger partial charge in [-0.25, -0.2) is 0 Å². The molecule has 1 N–H and O–H groups in total. The first-order valence-corrected chi connectivity index (χ1v) is 10.7. The molecule has 2 amide bonds. The Morgan fingerprint density at radius 3 is 2.52 bits per heavy atom. The number of benzene rings is 2. The van der Waals surface area contributed by atoms with E-state index in [4.69, 9.17) is 23.2 Å². The van der Waals surface area contributed by atoms with Crippen LogP contribution < -0.4 is 5.32 Å². The van der Waals surface area contributed by atoms with Gasteiger partial charge in [0.2, 0.25) is 11.8 Å². The van der Waals surface area contributed by atoms with Crippen molar-refractivity contribution in [3.05, 3.63) is 73.8 Å². The fraction of sp³-hybridized carbons (Fsp3) is 0.364. The highest BCUT2D eigenvalue weighted by atomic mass is 35.5. The van der Waals surface area contributed by atoms with E-state index >= 15 is 0 Å². The molecule has 9 heteroatoms. The zero-order chi connectivity index (χ0) is 23.0. The van der Waals surface area contributed by atoms with E-state index in [2.05, 4.69) is 5.32 Å². The van der Waals surface area contributed by atoms with Crippen molar-refractivity contribution in [2.75, 3.05) is 6.54 Å². The maximum atomic E-state index is 13.2. The molecule has 0 saturated heterocycles. The van der Waals surface area contributed by atoms with Crippen molar-refractivity contribution < 1.29 is 14.5 Å². The van der Waals surface area contributed by atoms with Gasteiger partial charge in [0.05, 0.1) is 21.4 Å². The van der Waals surface area contributed by atoms with Crippen molar-refractivity contribution in [3.8, 4) is 0 Å². The van der Waals surface area contributed by atoms with E-state index in [-0.39, 0.29) is 30.1 Å². The van der Waals surface area contributed by atoms with E-state index in [1.165, 1.54) is 11.0 Å². The lowest BCUT2D eigenvalue weighted by Gasteiger charge is -2.29. The Morgan fingerprint density at radius 2 is 1.87 bits per heavy atom. The van der Waals surface area contributed by atoms with Gasteiger partial charge in [-0.05, 0) is 31.0 Å². The lowest BCUT2D eigenvalue weighted by Crippen LogP contribution is -2.48. The molecule has 0 aliphatic heterocycles. The number of para-hydroxylation sites is 1. The van der Waals surface area contributed by atoms with Gasteiger partial charge in [0.1, 0.15) is 6.04 Å². The molecule has 7 nitrogen and oxygen atoms in total. The summed E-state index contributed by atoms with van der Waals surface area (Å²) >= 11 is 12.1. The summed E-state index contributed by atoms with van der Waals surface area (Å²) in [7, 11) is 0. The molecule has 0 aromatic heterocycles. The highest BCUT2D eigenvalue weighted by molar-refractivity contribution is 6.42. The number of hydrogen-bond acceptors (Lipinski definition) is 4. The molecule has 1 atom stereocenters. The van der Waals surface area contributed by atoms with Gasteiger partial charge in [-0.15, -0.1) is 0 Å². The number of hydrogen-bond donors (Lipinski definition) is 1. The molecule has 2 rings (SSSR count). The Kier molecular flexibility index (Phi) is 9.27. The SMILES string of the molecule is CCCCNC(=O)[C@H](C)N(Cc1ccc(Cl)c(Cl)c1)C(=O)Cc1ccccc1[N+](=O)[O-]. The van der Waals surface area contributed by atoms with Gasteiger partial charge < -0.3 is 10.2 Å². The fourth-order valence-corrected chi connectivity index (χ4v) is 3.38. The average molecular weight is 466 g/mol. The largest absolute Gasteiger partial charge is 0.354 e. The summed E-state index contributed by atoms with van der Waals surface area (Å²) in [5.41, 5.74) is 0.846. The summed E-state index contributed by atoms with van der Waals surface area (Å²) < 4.78 is 0. The predicted molar refractivity (Wildman–Crippen MR) is 121 cm³/mol. The van der Waals surface area contributed by atoms with Crippen LogP contribution in [-0.4, -0.2) is 34.2 Å². The Balaban J connectivity index is 2.29. The van der Waals surface area contributed by atoms with Crippen LogP contribution in [0.4, 0.5) is 5.69 Å². The summed E-state index contributed by atoms with van der Waals surface area (Å²) in [5.74, 6) is -0.692. The van der Waals surface area contributed by atoms with Crippen LogP contribution in [0, 0.1) is 10.1 Å². The number of nitrogens with one attached hydrogen (secondary N) is 1. The van der Waals surface area contributed by atoms with Crippen LogP contribution in [0.1, 0.15) is 37.8 Å². The number of carbonyl (C=O) groups excluding carboxylic acids is 2. The number of amides is 2. The van der Waals surface area contributed by atoms with Crippen molar-refractivity contribution in [1.29, 1.82) is 0 Å². The topological polar surface area (TPSA) is 92.6 Å². The Hall–Kier alpha value is -2.64. The molecule has 166 valence electrons. The van der Waals surface area contributed by atoms with Crippen molar-refractivity contribution in [1.82, 2.24) is 10.2 Å². The highest BCUT2D eigenvalue weighted by Crippen LogP contribution is 2.25. The van der Waals surface area contributed by atoms with E-state index < -0.39 is 16.9 Å². The zero-order valence-corrected chi connectivity index (χ0v) is 18.9. The minimum absolute atomic E-state index is 0.110. The maximum Gasteiger partial charge on any atom is 0.273 e. The Labute approximate surface area is 191 Å². The molecule has 0 saturated carbocycles. The van der Waals surface area contributed by atoms with E-state index in [0.29, 0.717) is 22.2 Å². The van der Waals surface area contributed by atoms with Crippen LogP contribution in [0.3, 0.4) is 0 Å². The zero-order valence-electron chi connectivity index (χ0n) is 17.4. The monoisotopic (exact) mass is 465 g/mol. The summed E-state index contributed by atoms with van der Waals surface area (Å²) in [6, 6.07) is 10.3. The molecule has 0 heterocycles. The molecule has 0 spiro atoms. The Bertz CT molecular complexity index is 952. The third kappa shape index (κ3) is 6.94. The number of rotatable bonds is 10. The summed E-state index contributed by atoms with van der Waals surface area (Å²) in [5, 5.41) is 14.9. The standard InChI is InChI=1S/C22H25Cl2N3O4/c1-3-4-11-25-22(29)15(2)26(14-16-9-10-18(23)19(24)12-16)21(28)13-17-7-5-6-8-20(17)27(30)31/h5-10,12,15H,3-4,11,13-14H2,1-2H3,(H,25,29)/t15-/m0/s1. The van der Waals surface area contributed by atoms with E-state index in [1.807, 2.05) is 6.92 Å². The van der Waals surface area contributed by atoms with E-state index in [9.17, 15) is 19.7 Å². The number of carbonyl (C=O) groups is 2. The number of halogens is 2. The highest BCUT2D eigenvalue weighted by Gasteiger charge is 2.28. The molecular formula is C22H25Cl2N3O4. The third-order valence-electron chi connectivity index (χ3n) is 4.86. The van der Waals surface area contributed by atoms with Crippen LogP contribution >= 0.6 is 23.2 Å². The van der Waals surface area contributed by atoms with Gasteiger partial charge in [-0.2, -0.15) is 0 Å². The molecule has 0 radical (unpaired) electrons. The van der Waals surface area contributed by atoms with Crippen LogP contribution in [0.5, 0.6) is 0 Å². The van der Waals surface area contributed by atoms with Gasteiger partial charge in [0, 0.05) is 24.7 Å². The minimum atomic E-state index is -0.776. The predicted octanol–water partition coefficient (Wildman–Crippen LogP) is 4.78. The van der Waals surface area contributed by atoms with Gasteiger partial charge in [-0.1, -0.05) is 60.8 Å². The van der Waals surface area contributed by atoms with Gasteiger partial charge in [0.15, 0.2) is 0 Å². The molecule has 0 aliphatic rings. The van der Waals surface area contributed by atoms with Crippen molar-refractivity contribution in [3.63, 3.8) is 0 Å². The minimum Gasteiger partial charge on any atom is -0.354 e. The first kappa shape index (κ1) is 24.6. The van der Waals surface area contributed by atoms with Gasteiger partial charge in [0.25, 0.3) is 5.69 Å². The smallest absolute Gasteiger partial charge is 0.273 e. The van der Waals surface area contributed by atoms with E-state index in [0.717, 1.165) is 12.8 Å². The lowest BCUT2D eigenvalue weighted by atomic mass is 10.1. The molecule has 0 fully saturated rings. The second-order valence-electron chi connectivity index (χ2n) is 7.15. The Morgan fingerprint density at radius 1 is 1.16 bits per heavy atom. The quantitative estimate of drug-likeness (QED) is 0.310. The van der Waals surface area contributed by atoms with Crippen LogP contribution in [-0.2, 0) is 22.6 Å². The van der Waals surface area contributed by atoms with Crippen LogP contribution in [0.15, 0.2) is 42.5 Å². The van der Waals surface area contributed by atoms with Crippen LogP contribution in [0.2, 0.25) is 10.0 Å². The number of nitro benzene ring substituents is 1. The fourth-order valence-electron chi connectivity index (χ4n) is 3.06. The number of nitro groups is 1. The molecular weight excluding hydrogens is 441 g/mol. The summed E-state index contributed by atoms with van der Waals surface area (Å²) in [4.78, 5) is 38.0. The first-order chi connectivity index (χ1) is 14.7. The lowest BCUT2D eigenvalue weighted by molar-refractivity contribution is -0.385. The second kappa shape index (κ2) is 11.7. The van der Waals surface area contributed by atoms with Gasteiger partial charge in [-0.3, -0.25) is 19.7 Å². The van der Waals surface area contributed by atoms with Crippen molar-refractivity contribution in [2.45, 2.75) is 45.7 Å². The maximum absolute atomic E-state index is 13.2. The summed E-state index contributed by atoms with van der Waals surface area (Å²) in [6.07, 6.45) is 1.55. The molecule has 2 aromatic carbocycles. The van der Waals surface area contributed by atoms with Crippen molar-refractivity contribution in [2.24, 2.45) is 0 Å². The molecule has 0 unspecified atom stereocenters. The molecule has 31 heavy (non-hydrogen) atoms. The van der Waals surface area contributed by atoms with Gasteiger partial charge >= 0.3 is 0 Å².